The normalized spacial score (nSPS) is 9.45. The van der Waals surface area contributed by atoms with Crippen molar-refractivity contribution in [2.24, 2.45) is 0 Å². The number of nitro groups is 1. The summed E-state index contributed by atoms with van der Waals surface area (Å²) in [5.74, 6) is 0.0112. The average molecular weight is 154 g/mol. The Morgan fingerprint density at radius 1 is 1.64 bits per heavy atom. The van der Waals surface area contributed by atoms with Gasteiger partial charge in [-0.3, -0.25) is 15.1 Å². The molecule has 0 amide bonds. The summed E-state index contributed by atoms with van der Waals surface area (Å²) in [5, 5.41) is 18.7. The maximum absolute atomic E-state index is 9.96. The molecule has 1 N–H and O–H groups in total. The highest BCUT2D eigenvalue weighted by atomic mass is 16.6. The summed E-state index contributed by atoms with van der Waals surface area (Å²) in [4.78, 5) is 13.1. The lowest BCUT2D eigenvalue weighted by molar-refractivity contribution is -0.497. The van der Waals surface area contributed by atoms with Gasteiger partial charge in [0.05, 0.1) is 6.20 Å². The standard InChI is InChI=1S/C6H6N2O3/c9-6-2-1-5(7-3-6)4-8(10)11/h1-3,9H,4H2. The molecule has 1 aromatic rings. The quantitative estimate of drug-likeness (QED) is 0.498. The highest BCUT2D eigenvalue weighted by Crippen LogP contribution is 2.05. The molecule has 0 atom stereocenters. The van der Waals surface area contributed by atoms with Crippen molar-refractivity contribution >= 4 is 0 Å². The van der Waals surface area contributed by atoms with Crippen LogP contribution in [0, 0.1) is 10.1 Å². The molecule has 58 valence electrons. The highest BCUT2D eigenvalue weighted by Gasteiger charge is 2.01. The Morgan fingerprint density at radius 3 is 2.82 bits per heavy atom. The van der Waals surface area contributed by atoms with Crippen LogP contribution in [-0.2, 0) is 6.54 Å². The third-order valence-corrected chi connectivity index (χ3v) is 1.10. The van der Waals surface area contributed by atoms with E-state index in [4.69, 9.17) is 5.11 Å². The van der Waals surface area contributed by atoms with Gasteiger partial charge < -0.3 is 5.11 Å². The van der Waals surface area contributed by atoms with Gasteiger partial charge in [0.1, 0.15) is 11.4 Å². The minimum atomic E-state index is -0.473. The Labute approximate surface area is 62.5 Å². The SMILES string of the molecule is O=[N+]([O-])Cc1ccc(O)cn1. The van der Waals surface area contributed by atoms with Crippen LogP contribution in [0.2, 0.25) is 0 Å². The van der Waals surface area contributed by atoms with Gasteiger partial charge in [-0.05, 0) is 12.1 Å². The second kappa shape index (κ2) is 2.96. The van der Waals surface area contributed by atoms with Crippen LogP contribution < -0.4 is 0 Å². The molecule has 0 aliphatic heterocycles. The number of rotatable bonds is 2. The second-order valence-electron chi connectivity index (χ2n) is 2.00. The van der Waals surface area contributed by atoms with E-state index in [0.29, 0.717) is 5.69 Å². The second-order valence-corrected chi connectivity index (χ2v) is 2.00. The molecule has 0 aliphatic rings. The third kappa shape index (κ3) is 2.21. The van der Waals surface area contributed by atoms with Gasteiger partial charge in [-0.2, -0.15) is 0 Å². The minimum Gasteiger partial charge on any atom is -0.506 e. The summed E-state index contributed by atoms with van der Waals surface area (Å²) in [7, 11) is 0. The number of aromatic nitrogens is 1. The predicted molar refractivity (Wildman–Crippen MR) is 36.6 cm³/mol. The Hall–Kier alpha value is -1.65. The molecular formula is C6H6N2O3. The molecular weight excluding hydrogens is 148 g/mol. The predicted octanol–water partition coefficient (Wildman–Crippen LogP) is 0.564. The van der Waals surface area contributed by atoms with Crippen molar-refractivity contribution < 1.29 is 10.0 Å². The van der Waals surface area contributed by atoms with E-state index in [-0.39, 0.29) is 12.3 Å². The van der Waals surface area contributed by atoms with Gasteiger partial charge in [0.25, 0.3) is 0 Å². The van der Waals surface area contributed by atoms with Crippen LogP contribution in [-0.4, -0.2) is 15.0 Å². The average Bonchev–Trinajstić information content (AvgIpc) is 1.93. The number of nitrogens with zero attached hydrogens (tertiary/aromatic N) is 2. The zero-order valence-corrected chi connectivity index (χ0v) is 5.60. The first-order valence-electron chi connectivity index (χ1n) is 2.94. The van der Waals surface area contributed by atoms with Crippen LogP contribution >= 0.6 is 0 Å². The summed E-state index contributed by atoms with van der Waals surface area (Å²) in [6.07, 6.45) is 1.18. The fraction of sp³-hybridized carbons (Fsp3) is 0.167. The molecule has 1 aromatic heterocycles. The monoisotopic (exact) mass is 154 g/mol. The van der Waals surface area contributed by atoms with Gasteiger partial charge in [0.2, 0.25) is 6.54 Å². The number of aromatic hydroxyl groups is 1. The minimum absolute atomic E-state index is 0.0112. The van der Waals surface area contributed by atoms with E-state index in [2.05, 4.69) is 4.98 Å². The molecule has 0 aliphatic carbocycles. The van der Waals surface area contributed by atoms with Crippen molar-refractivity contribution in [2.75, 3.05) is 0 Å². The van der Waals surface area contributed by atoms with Crippen molar-refractivity contribution in [1.29, 1.82) is 0 Å². The molecule has 1 heterocycles. The molecule has 0 saturated heterocycles. The molecule has 0 saturated carbocycles. The van der Waals surface area contributed by atoms with Crippen LogP contribution in [0.5, 0.6) is 5.75 Å². The summed E-state index contributed by atoms with van der Waals surface area (Å²) < 4.78 is 0. The van der Waals surface area contributed by atoms with Gasteiger partial charge in [0.15, 0.2) is 0 Å². The molecule has 5 heteroatoms. The van der Waals surface area contributed by atoms with Crippen molar-refractivity contribution in [1.82, 2.24) is 4.98 Å². The van der Waals surface area contributed by atoms with Crippen molar-refractivity contribution in [3.8, 4) is 5.75 Å². The number of pyridine rings is 1. The first-order valence-corrected chi connectivity index (χ1v) is 2.94. The summed E-state index contributed by atoms with van der Waals surface area (Å²) in [6, 6.07) is 2.78. The molecule has 0 bridgehead atoms. The van der Waals surface area contributed by atoms with Crippen LogP contribution in [0.4, 0.5) is 0 Å². The van der Waals surface area contributed by atoms with Crippen LogP contribution in [0.15, 0.2) is 18.3 Å². The molecule has 11 heavy (non-hydrogen) atoms. The molecule has 0 radical (unpaired) electrons. The first-order chi connectivity index (χ1) is 5.18. The number of hydrogen-bond donors (Lipinski definition) is 1. The van der Waals surface area contributed by atoms with Gasteiger partial charge in [-0.15, -0.1) is 0 Å². The van der Waals surface area contributed by atoms with E-state index in [9.17, 15) is 10.1 Å². The smallest absolute Gasteiger partial charge is 0.245 e. The summed E-state index contributed by atoms with van der Waals surface area (Å²) in [6.45, 7) is -0.305. The van der Waals surface area contributed by atoms with Gasteiger partial charge in [-0.25, -0.2) is 0 Å². The fourth-order valence-corrected chi connectivity index (χ4v) is 0.642. The first kappa shape index (κ1) is 7.46. The van der Waals surface area contributed by atoms with Crippen LogP contribution in [0.25, 0.3) is 0 Å². The van der Waals surface area contributed by atoms with E-state index in [0.717, 1.165) is 0 Å². The summed E-state index contributed by atoms with van der Waals surface area (Å²) in [5.41, 5.74) is 0.341. The van der Waals surface area contributed by atoms with Crippen LogP contribution in [0.3, 0.4) is 0 Å². The van der Waals surface area contributed by atoms with Crippen molar-refractivity contribution in [3.63, 3.8) is 0 Å². The Bertz CT molecular complexity index is 257. The van der Waals surface area contributed by atoms with Gasteiger partial charge in [-0.1, -0.05) is 0 Å². The van der Waals surface area contributed by atoms with Gasteiger partial charge in [0, 0.05) is 4.92 Å². The van der Waals surface area contributed by atoms with E-state index in [1.54, 1.807) is 0 Å². The molecule has 1 rings (SSSR count). The van der Waals surface area contributed by atoms with E-state index in [1.165, 1.54) is 18.3 Å². The lowest BCUT2D eigenvalue weighted by Gasteiger charge is -1.93. The van der Waals surface area contributed by atoms with Crippen molar-refractivity contribution in [3.05, 3.63) is 34.1 Å². The topological polar surface area (TPSA) is 76.3 Å². The lowest BCUT2D eigenvalue weighted by atomic mass is 10.3. The zero-order valence-electron chi connectivity index (χ0n) is 5.60. The third-order valence-electron chi connectivity index (χ3n) is 1.10. The van der Waals surface area contributed by atoms with E-state index < -0.39 is 4.92 Å². The summed E-state index contributed by atoms with van der Waals surface area (Å²) >= 11 is 0. The Balaban J connectivity index is 2.74. The lowest BCUT2D eigenvalue weighted by Crippen LogP contribution is -1.99. The molecule has 0 fully saturated rings. The van der Waals surface area contributed by atoms with E-state index >= 15 is 0 Å². The Morgan fingerprint density at radius 2 is 2.36 bits per heavy atom. The molecule has 5 nitrogen and oxygen atoms in total. The fourth-order valence-electron chi connectivity index (χ4n) is 0.642. The highest BCUT2D eigenvalue weighted by molar-refractivity contribution is 5.17. The van der Waals surface area contributed by atoms with Gasteiger partial charge >= 0.3 is 0 Å². The molecule has 0 spiro atoms. The molecule has 0 aromatic carbocycles. The largest absolute Gasteiger partial charge is 0.506 e. The van der Waals surface area contributed by atoms with Crippen LogP contribution in [0.1, 0.15) is 5.69 Å². The van der Waals surface area contributed by atoms with E-state index in [1.807, 2.05) is 0 Å². The maximum atomic E-state index is 9.96. The van der Waals surface area contributed by atoms with Crippen molar-refractivity contribution in [2.45, 2.75) is 6.54 Å². The Kier molecular flexibility index (Phi) is 2.00. The maximum Gasteiger partial charge on any atom is 0.245 e. The molecule has 0 unspecified atom stereocenters. The number of hydrogen-bond acceptors (Lipinski definition) is 4. The zero-order chi connectivity index (χ0) is 8.27.